The van der Waals surface area contributed by atoms with Gasteiger partial charge in [0.05, 0.1) is 22.3 Å². The minimum atomic E-state index is 0.849. The van der Waals surface area contributed by atoms with Gasteiger partial charge in [0, 0.05) is 22.2 Å². The number of benzene rings is 4. The molecule has 0 atom stereocenters. The Morgan fingerprint density at radius 2 is 1.39 bits per heavy atom. The lowest BCUT2D eigenvalue weighted by Gasteiger charge is -2.09. The minimum Gasteiger partial charge on any atom is -0.464 e. The number of hydrogen-bond donors (Lipinski definition) is 0. The molecular formula is C27H16N2O2. The average molecular weight is 400 g/mol. The Labute approximate surface area is 176 Å². The molecule has 0 saturated carbocycles. The Kier molecular flexibility index (Phi) is 3.24. The molecule has 0 aliphatic heterocycles. The lowest BCUT2D eigenvalue weighted by molar-refractivity contribution is 0.616. The van der Waals surface area contributed by atoms with Gasteiger partial charge in [-0.2, -0.15) is 0 Å². The Bertz CT molecular complexity index is 1750. The van der Waals surface area contributed by atoms with Crippen LogP contribution in [0.2, 0.25) is 0 Å². The molecule has 3 aromatic heterocycles. The van der Waals surface area contributed by atoms with Crippen LogP contribution < -0.4 is 0 Å². The summed E-state index contributed by atoms with van der Waals surface area (Å²) in [6, 6.07) is 30.7. The van der Waals surface area contributed by atoms with Gasteiger partial charge < -0.3 is 8.83 Å². The fraction of sp³-hybridized carbons (Fsp3) is 0. The zero-order valence-electron chi connectivity index (χ0n) is 16.4. The molecule has 0 fully saturated rings. The summed E-state index contributed by atoms with van der Waals surface area (Å²) in [4.78, 5) is 4.98. The summed E-state index contributed by atoms with van der Waals surface area (Å²) in [6.45, 7) is 0. The quantitative estimate of drug-likeness (QED) is 0.305. The van der Waals surface area contributed by atoms with Gasteiger partial charge in [-0.25, -0.2) is 4.98 Å². The lowest BCUT2D eigenvalue weighted by atomic mass is 10.1. The second-order valence-electron chi connectivity index (χ2n) is 7.68. The maximum absolute atomic E-state index is 6.15. The van der Waals surface area contributed by atoms with Crippen LogP contribution in [0.1, 0.15) is 0 Å². The molecule has 146 valence electrons. The summed E-state index contributed by atoms with van der Waals surface area (Å²) in [5, 5.41) is 3.28. The summed E-state index contributed by atoms with van der Waals surface area (Å²) >= 11 is 0. The van der Waals surface area contributed by atoms with Gasteiger partial charge in [-0.15, -0.1) is 0 Å². The van der Waals surface area contributed by atoms with E-state index >= 15 is 0 Å². The van der Waals surface area contributed by atoms with Crippen molar-refractivity contribution in [1.29, 1.82) is 0 Å². The van der Waals surface area contributed by atoms with Crippen LogP contribution in [0.3, 0.4) is 0 Å². The van der Waals surface area contributed by atoms with Gasteiger partial charge in [-0.05, 0) is 36.4 Å². The number of nitrogens with zero attached hydrogens (tertiary/aromatic N) is 2. The molecule has 0 spiro atoms. The van der Waals surface area contributed by atoms with Crippen LogP contribution in [0.5, 0.6) is 0 Å². The van der Waals surface area contributed by atoms with Crippen molar-refractivity contribution in [2.75, 3.05) is 0 Å². The van der Waals surface area contributed by atoms with E-state index in [-0.39, 0.29) is 0 Å². The fourth-order valence-electron chi connectivity index (χ4n) is 4.47. The van der Waals surface area contributed by atoms with Crippen LogP contribution in [0, 0.1) is 0 Å². The molecule has 0 unspecified atom stereocenters. The van der Waals surface area contributed by atoms with E-state index in [0.29, 0.717) is 0 Å². The molecule has 0 saturated heterocycles. The lowest BCUT2D eigenvalue weighted by Crippen LogP contribution is -1.97. The molecule has 0 radical (unpaired) electrons. The standard InChI is InChI=1S/C27H16N2O2/c1-5-11-24-19(8-1)21(16-30-24)27-28-22-9-3-4-10-23(22)29(27)17-13-14-20-18-7-2-6-12-25(18)31-26(20)15-17/h1-16H. The maximum Gasteiger partial charge on any atom is 0.149 e. The van der Waals surface area contributed by atoms with Crippen molar-refractivity contribution >= 4 is 43.9 Å². The fourth-order valence-corrected chi connectivity index (χ4v) is 4.47. The monoisotopic (exact) mass is 400 g/mol. The third-order valence-electron chi connectivity index (χ3n) is 5.90. The molecule has 4 aromatic carbocycles. The highest BCUT2D eigenvalue weighted by molar-refractivity contribution is 6.05. The van der Waals surface area contributed by atoms with E-state index in [1.165, 1.54) is 0 Å². The van der Waals surface area contributed by atoms with E-state index in [0.717, 1.165) is 61.0 Å². The second-order valence-corrected chi connectivity index (χ2v) is 7.68. The van der Waals surface area contributed by atoms with Crippen molar-refractivity contribution in [2.24, 2.45) is 0 Å². The molecule has 0 amide bonds. The summed E-state index contributed by atoms with van der Waals surface area (Å²) in [6.07, 6.45) is 1.79. The number of imidazole rings is 1. The normalized spacial score (nSPS) is 11.9. The maximum atomic E-state index is 6.15. The highest BCUT2D eigenvalue weighted by Gasteiger charge is 2.19. The molecular weight excluding hydrogens is 384 g/mol. The molecule has 0 bridgehead atoms. The number of fused-ring (bicyclic) bond motifs is 5. The molecule has 4 heteroatoms. The largest absolute Gasteiger partial charge is 0.464 e. The van der Waals surface area contributed by atoms with Crippen molar-refractivity contribution in [3.8, 4) is 17.1 Å². The Hall–Kier alpha value is -4.31. The third kappa shape index (κ3) is 2.33. The topological polar surface area (TPSA) is 44.1 Å². The van der Waals surface area contributed by atoms with E-state index in [1.54, 1.807) is 6.26 Å². The van der Waals surface area contributed by atoms with Gasteiger partial charge in [-0.1, -0.05) is 48.5 Å². The molecule has 3 heterocycles. The summed E-state index contributed by atoms with van der Waals surface area (Å²) < 4.78 is 14.2. The first-order valence-corrected chi connectivity index (χ1v) is 10.2. The first-order valence-electron chi connectivity index (χ1n) is 10.2. The number of hydrogen-bond acceptors (Lipinski definition) is 3. The van der Waals surface area contributed by atoms with Crippen molar-refractivity contribution in [2.45, 2.75) is 0 Å². The van der Waals surface area contributed by atoms with Gasteiger partial charge >= 0.3 is 0 Å². The molecule has 4 nitrogen and oxygen atoms in total. The van der Waals surface area contributed by atoms with Crippen molar-refractivity contribution in [3.63, 3.8) is 0 Å². The minimum absolute atomic E-state index is 0.849. The highest BCUT2D eigenvalue weighted by atomic mass is 16.3. The Balaban J connectivity index is 1.55. The van der Waals surface area contributed by atoms with E-state index in [2.05, 4.69) is 41.0 Å². The van der Waals surface area contributed by atoms with Crippen molar-refractivity contribution in [3.05, 3.63) is 97.3 Å². The van der Waals surface area contributed by atoms with Crippen LogP contribution >= 0.6 is 0 Å². The number of rotatable bonds is 2. The van der Waals surface area contributed by atoms with Crippen LogP contribution in [0.4, 0.5) is 0 Å². The van der Waals surface area contributed by atoms with Gasteiger partial charge in [0.1, 0.15) is 28.8 Å². The first-order chi connectivity index (χ1) is 15.4. The average Bonchev–Trinajstić information content (AvgIpc) is 3.51. The molecule has 0 aliphatic rings. The van der Waals surface area contributed by atoms with E-state index in [9.17, 15) is 0 Å². The third-order valence-corrected chi connectivity index (χ3v) is 5.90. The SMILES string of the molecule is c1ccc2c(c1)nc(-c1coc3ccccc13)n2-c1ccc2c(c1)oc1ccccc12. The molecule has 7 aromatic rings. The molecule has 7 rings (SSSR count). The smallest absolute Gasteiger partial charge is 0.149 e. The number of para-hydroxylation sites is 4. The second kappa shape index (κ2) is 6.09. The van der Waals surface area contributed by atoms with Crippen LogP contribution in [-0.4, -0.2) is 9.55 Å². The Morgan fingerprint density at radius 1 is 0.645 bits per heavy atom. The van der Waals surface area contributed by atoms with Gasteiger partial charge in [0.15, 0.2) is 0 Å². The van der Waals surface area contributed by atoms with E-state index in [4.69, 9.17) is 13.8 Å². The van der Waals surface area contributed by atoms with Crippen molar-refractivity contribution in [1.82, 2.24) is 9.55 Å². The summed E-state index contributed by atoms with van der Waals surface area (Å²) in [5.74, 6) is 0.849. The van der Waals surface area contributed by atoms with Crippen LogP contribution in [0.25, 0.3) is 61.0 Å². The van der Waals surface area contributed by atoms with E-state index in [1.807, 2.05) is 54.6 Å². The molecule has 31 heavy (non-hydrogen) atoms. The zero-order chi connectivity index (χ0) is 20.4. The first kappa shape index (κ1) is 16.5. The van der Waals surface area contributed by atoms with Crippen molar-refractivity contribution < 1.29 is 8.83 Å². The van der Waals surface area contributed by atoms with E-state index < -0.39 is 0 Å². The van der Waals surface area contributed by atoms with Gasteiger partial charge in [0.25, 0.3) is 0 Å². The predicted molar refractivity (Wildman–Crippen MR) is 124 cm³/mol. The number of furan rings is 2. The van der Waals surface area contributed by atoms with Crippen LogP contribution in [0.15, 0.2) is 106 Å². The molecule has 0 aliphatic carbocycles. The Morgan fingerprint density at radius 3 is 2.32 bits per heavy atom. The van der Waals surface area contributed by atoms with Gasteiger partial charge in [0.2, 0.25) is 0 Å². The number of aromatic nitrogens is 2. The molecule has 0 N–H and O–H groups in total. The zero-order valence-corrected chi connectivity index (χ0v) is 16.4. The van der Waals surface area contributed by atoms with Crippen LogP contribution in [-0.2, 0) is 0 Å². The predicted octanol–water partition coefficient (Wildman–Crippen LogP) is 7.34. The summed E-state index contributed by atoms with van der Waals surface area (Å²) in [7, 11) is 0. The summed E-state index contributed by atoms with van der Waals surface area (Å²) in [5.41, 5.74) is 6.55. The van der Waals surface area contributed by atoms with Gasteiger partial charge in [-0.3, -0.25) is 4.57 Å². The highest BCUT2D eigenvalue weighted by Crippen LogP contribution is 2.36.